The van der Waals surface area contributed by atoms with Gasteiger partial charge in [0.2, 0.25) is 0 Å². The first-order chi connectivity index (χ1) is 17.1. The second kappa shape index (κ2) is 11.3. The molecule has 4 aromatic rings. The van der Waals surface area contributed by atoms with Crippen molar-refractivity contribution < 1.29 is 5.11 Å². The van der Waals surface area contributed by atoms with Gasteiger partial charge in [-0.05, 0) is 36.4 Å². The van der Waals surface area contributed by atoms with E-state index in [1.165, 1.54) is 5.69 Å². The molecule has 5 nitrogen and oxygen atoms in total. The van der Waals surface area contributed by atoms with Crippen LogP contribution in [-0.4, -0.2) is 64.8 Å². The number of rotatable bonds is 7. The molecule has 3 aromatic carbocycles. The van der Waals surface area contributed by atoms with E-state index in [1.807, 2.05) is 48.5 Å². The van der Waals surface area contributed by atoms with Crippen LogP contribution in [0.5, 0.6) is 0 Å². The van der Waals surface area contributed by atoms with Crippen LogP contribution in [0.25, 0.3) is 22.0 Å². The minimum absolute atomic E-state index is 0.436. The lowest BCUT2D eigenvalue weighted by Gasteiger charge is -2.36. The van der Waals surface area contributed by atoms with E-state index in [9.17, 15) is 5.11 Å². The van der Waals surface area contributed by atoms with Crippen molar-refractivity contribution in [1.82, 2.24) is 15.1 Å². The normalized spacial score (nSPS) is 15.5. The number of aromatic nitrogens is 2. The summed E-state index contributed by atoms with van der Waals surface area (Å²) in [5, 5.41) is 23.6. The predicted molar refractivity (Wildman–Crippen MR) is 150 cm³/mol. The van der Waals surface area contributed by atoms with Crippen molar-refractivity contribution in [3.8, 4) is 11.3 Å². The summed E-state index contributed by atoms with van der Waals surface area (Å²) in [6, 6.07) is 24.3. The molecule has 0 aliphatic carbocycles. The molecular formula is C27H26BrClN4OS. The van der Waals surface area contributed by atoms with Gasteiger partial charge in [0.25, 0.3) is 0 Å². The van der Waals surface area contributed by atoms with Gasteiger partial charge < -0.3 is 10.0 Å². The molecule has 5 rings (SSSR count). The second-order valence-electron chi connectivity index (χ2n) is 8.64. The van der Waals surface area contributed by atoms with Gasteiger partial charge in [0.05, 0.1) is 6.10 Å². The number of anilines is 1. The highest BCUT2D eigenvalue weighted by molar-refractivity contribution is 9.10. The fourth-order valence-electron chi connectivity index (χ4n) is 4.37. The summed E-state index contributed by atoms with van der Waals surface area (Å²) >= 11 is 11.1. The third-order valence-electron chi connectivity index (χ3n) is 6.22. The highest BCUT2D eigenvalue weighted by Gasteiger charge is 2.20. The third-order valence-corrected chi connectivity index (χ3v) is 8.12. The number of benzene rings is 3. The van der Waals surface area contributed by atoms with Gasteiger partial charge in [0, 0.05) is 70.0 Å². The Bertz CT molecular complexity index is 1280. The lowest BCUT2D eigenvalue weighted by atomic mass is 10.1. The van der Waals surface area contributed by atoms with Crippen LogP contribution in [0.2, 0.25) is 5.02 Å². The van der Waals surface area contributed by atoms with Crippen LogP contribution < -0.4 is 4.90 Å². The molecule has 1 atom stereocenters. The minimum Gasteiger partial charge on any atom is -0.391 e. The third kappa shape index (κ3) is 5.98. The lowest BCUT2D eigenvalue weighted by molar-refractivity contribution is 0.126. The van der Waals surface area contributed by atoms with Gasteiger partial charge in [-0.15, -0.1) is 22.0 Å². The number of hydrogen-bond acceptors (Lipinski definition) is 6. The van der Waals surface area contributed by atoms with Crippen molar-refractivity contribution in [1.29, 1.82) is 0 Å². The number of piperazine rings is 1. The number of thioether (sulfide) groups is 1. The molecule has 1 unspecified atom stereocenters. The van der Waals surface area contributed by atoms with Gasteiger partial charge in [-0.1, -0.05) is 63.9 Å². The quantitative estimate of drug-likeness (QED) is 0.276. The number of β-amino-alcohol motifs (C(OH)–C–C–N with tert-alkyl or cyclic N) is 1. The number of fused-ring (bicyclic) bond motifs is 1. The molecule has 1 aliphatic heterocycles. The summed E-state index contributed by atoms with van der Waals surface area (Å²) in [5.41, 5.74) is 3.10. The van der Waals surface area contributed by atoms with E-state index < -0.39 is 6.10 Å². The minimum atomic E-state index is -0.436. The van der Waals surface area contributed by atoms with Crippen LogP contribution in [0.1, 0.15) is 0 Å². The molecule has 0 bridgehead atoms. The molecule has 1 fully saturated rings. The van der Waals surface area contributed by atoms with Crippen molar-refractivity contribution >= 4 is 55.8 Å². The van der Waals surface area contributed by atoms with Crippen LogP contribution in [0, 0.1) is 0 Å². The van der Waals surface area contributed by atoms with Gasteiger partial charge >= 0.3 is 0 Å². The summed E-state index contributed by atoms with van der Waals surface area (Å²) < 4.78 is 1.03. The Kier molecular flexibility index (Phi) is 7.90. The van der Waals surface area contributed by atoms with Gasteiger partial charge in [-0.25, -0.2) is 0 Å². The first-order valence-electron chi connectivity index (χ1n) is 11.6. The molecule has 1 saturated heterocycles. The van der Waals surface area contributed by atoms with E-state index in [-0.39, 0.29) is 0 Å². The maximum Gasteiger partial charge on any atom is 0.127 e. The Labute approximate surface area is 223 Å². The Morgan fingerprint density at radius 2 is 1.57 bits per heavy atom. The fraction of sp³-hybridized carbons (Fsp3) is 0.259. The predicted octanol–water partition coefficient (Wildman–Crippen LogP) is 5.99. The van der Waals surface area contributed by atoms with Gasteiger partial charge in [-0.3, -0.25) is 4.90 Å². The number of nitrogens with zero attached hydrogens (tertiary/aromatic N) is 4. The maximum absolute atomic E-state index is 10.8. The zero-order valence-electron chi connectivity index (χ0n) is 19.1. The molecule has 1 aromatic heterocycles. The molecule has 0 amide bonds. The van der Waals surface area contributed by atoms with Crippen LogP contribution in [0.4, 0.5) is 5.69 Å². The number of aliphatic hydroxyl groups is 1. The molecule has 180 valence electrons. The standard InChI is InChI=1S/C27H26BrClN4OS/c28-20-7-5-19(6-8-20)26-24-3-1-2-4-25(24)27(31-30-26)35-18-23(34)17-32-13-15-33(16-14-32)22-11-9-21(29)10-12-22/h1-12,23,34H,13-18H2. The van der Waals surface area contributed by atoms with Gasteiger partial charge in [0.15, 0.2) is 0 Å². The number of halogens is 2. The monoisotopic (exact) mass is 568 g/mol. The molecule has 35 heavy (non-hydrogen) atoms. The average molecular weight is 570 g/mol. The smallest absolute Gasteiger partial charge is 0.127 e. The summed E-state index contributed by atoms with van der Waals surface area (Å²) in [6.45, 7) is 4.39. The SMILES string of the molecule is OC(CSc1nnc(-c2ccc(Br)cc2)c2ccccc12)CN1CCN(c2ccc(Cl)cc2)CC1. The largest absolute Gasteiger partial charge is 0.391 e. The Hall–Kier alpha value is -2.16. The highest BCUT2D eigenvalue weighted by atomic mass is 79.9. The Morgan fingerprint density at radius 1 is 0.886 bits per heavy atom. The van der Waals surface area contributed by atoms with Crippen LogP contribution in [0.3, 0.4) is 0 Å². The van der Waals surface area contributed by atoms with E-state index >= 15 is 0 Å². The molecule has 8 heteroatoms. The molecule has 0 saturated carbocycles. The van der Waals surface area contributed by atoms with Gasteiger partial charge in [-0.2, -0.15) is 0 Å². The summed E-state index contributed by atoms with van der Waals surface area (Å²) in [4.78, 5) is 4.70. The first kappa shape index (κ1) is 24.5. The fourth-order valence-corrected chi connectivity index (χ4v) is 5.65. The Morgan fingerprint density at radius 3 is 2.29 bits per heavy atom. The van der Waals surface area contributed by atoms with Crippen LogP contribution in [0.15, 0.2) is 82.3 Å². The second-order valence-corrected chi connectivity index (χ2v) is 11.0. The molecule has 0 spiro atoms. The van der Waals surface area contributed by atoms with Gasteiger partial charge in [0.1, 0.15) is 10.7 Å². The van der Waals surface area contributed by atoms with Crippen LogP contribution in [-0.2, 0) is 0 Å². The summed E-state index contributed by atoms with van der Waals surface area (Å²) in [7, 11) is 0. The van der Waals surface area contributed by atoms with E-state index in [2.05, 4.69) is 60.2 Å². The van der Waals surface area contributed by atoms with Crippen molar-refractivity contribution in [3.05, 3.63) is 82.3 Å². The maximum atomic E-state index is 10.8. The van der Waals surface area contributed by atoms with Crippen molar-refractivity contribution in [2.75, 3.05) is 43.4 Å². The van der Waals surface area contributed by atoms with E-state index in [1.54, 1.807) is 11.8 Å². The number of aliphatic hydroxyl groups excluding tert-OH is 1. The van der Waals surface area contributed by atoms with E-state index in [0.29, 0.717) is 12.3 Å². The zero-order chi connectivity index (χ0) is 24.2. The summed E-state index contributed by atoms with van der Waals surface area (Å²) in [6.07, 6.45) is -0.436. The molecule has 1 N–H and O–H groups in total. The van der Waals surface area contributed by atoms with Crippen molar-refractivity contribution in [2.24, 2.45) is 0 Å². The first-order valence-corrected chi connectivity index (χ1v) is 13.8. The molecule has 1 aliphatic rings. The average Bonchev–Trinajstić information content (AvgIpc) is 2.89. The van der Waals surface area contributed by atoms with Crippen molar-refractivity contribution in [3.63, 3.8) is 0 Å². The lowest BCUT2D eigenvalue weighted by Crippen LogP contribution is -2.48. The van der Waals surface area contributed by atoms with E-state index in [4.69, 9.17) is 11.6 Å². The summed E-state index contributed by atoms with van der Waals surface area (Å²) in [5.74, 6) is 0.577. The Balaban J connectivity index is 1.19. The highest BCUT2D eigenvalue weighted by Crippen LogP contribution is 2.32. The molecule has 0 radical (unpaired) electrons. The number of hydrogen-bond donors (Lipinski definition) is 1. The van der Waals surface area contributed by atoms with Crippen LogP contribution >= 0.6 is 39.3 Å². The molecular weight excluding hydrogens is 544 g/mol. The van der Waals surface area contributed by atoms with E-state index in [0.717, 1.165) is 62.7 Å². The topological polar surface area (TPSA) is 52.5 Å². The zero-order valence-corrected chi connectivity index (χ0v) is 22.3. The molecule has 2 heterocycles. The van der Waals surface area contributed by atoms with Crippen molar-refractivity contribution in [2.45, 2.75) is 11.1 Å².